The van der Waals surface area contributed by atoms with Crippen LogP contribution in [-0.4, -0.2) is 53.6 Å². The molecule has 36 heavy (non-hydrogen) atoms. The van der Waals surface area contributed by atoms with E-state index in [4.69, 9.17) is 27.6 Å². The largest absolute Gasteiger partial charge is 0.431 e. The summed E-state index contributed by atoms with van der Waals surface area (Å²) in [4.78, 5) is 33.6. The minimum atomic E-state index is -0.153. The Morgan fingerprint density at radius 1 is 0.972 bits per heavy atom. The maximum Gasteiger partial charge on any atom is 0.257 e. The van der Waals surface area contributed by atoms with Crippen LogP contribution in [0.15, 0.2) is 76.4 Å². The van der Waals surface area contributed by atoms with E-state index in [1.807, 2.05) is 41.3 Å². The SMILES string of the molecule is O=C(CSc1nc2cc(Cl)ccc2o1)Nc1ccc(N2CCN(C(=O)c3ccccc3Cl)CC2)cc1. The molecule has 1 aromatic heterocycles. The molecule has 0 aliphatic carbocycles. The first-order valence-corrected chi connectivity index (χ1v) is 13.1. The molecular weight excluding hydrogens is 519 g/mol. The van der Waals surface area contributed by atoms with Crippen LogP contribution in [-0.2, 0) is 4.79 Å². The summed E-state index contributed by atoms with van der Waals surface area (Å²) in [6, 6.07) is 20.0. The van der Waals surface area contributed by atoms with Crippen molar-refractivity contribution in [2.45, 2.75) is 5.22 Å². The van der Waals surface area contributed by atoms with Crippen LogP contribution in [0.2, 0.25) is 10.0 Å². The van der Waals surface area contributed by atoms with Crippen molar-refractivity contribution >= 4 is 69.3 Å². The second-order valence-electron chi connectivity index (χ2n) is 8.23. The first-order valence-electron chi connectivity index (χ1n) is 11.3. The number of anilines is 2. The average Bonchev–Trinajstić information content (AvgIpc) is 3.30. The van der Waals surface area contributed by atoms with Gasteiger partial charge in [-0.15, -0.1) is 0 Å². The van der Waals surface area contributed by atoms with Gasteiger partial charge in [-0.25, -0.2) is 4.98 Å². The lowest BCUT2D eigenvalue weighted by molar-refractivity contribution is -0.113. The van der Waals surface area contributed by atoms with Crippen molar-refractivity contribution in [1.82, 2.24) is 9.88 Å². The minimum absolute atomic E-state index is 0.0437. The van der Waals surface area contributed by atoms with Crippen LogP contribution in [0, 0.1) is 0 Å². The highest BCUT2D eigenvalue weighted by molar-refractivity contribution is 7.99. The number of piperazine rings is 1. The van der Waals surface area contributed by atoms with Gasteiger partial charge in [0.15, 0.2) is 5.58 Å². The molecule has 2 heterocycles. The second-order valence-corrected chi connectivity index (χ2v) is 10.0. The van der Waals surface area contributed by atoms with Crippen LogP contribution >= 0.6 is 35.0 Å². The van der Waals surface area contributed by atoms with Gasteiger partial charge in [-0.2, -0.15) is 0 Å². The maximum atomic E-state index is 12.8. The summed E-state index contributed by atoms with van der Waals surface area (Å²) in [5.74, 6) is -0.0263. The van der Waals surface area contributed by atoms with Crippen LogP contribution in [0.4, 0.5) is 11.4 Å². The summed E-state index contributed by atoms with van der Waals surface area (Å²) >= 11 is 13.4. The highest BCUT2D eigenvalue weighted by atomic mass is 35.5. The van der Waals surface area contributed by atoms with E-state index in [0.29, 0.717) is 63.8 Å². The number of fused-ring (bicyclic) bond motifs is 1. The molecule has 10 heteroatoms. The lowest BCUT2D eigenvalue weighted by Gasteiger charge is -2.36. The number of hydrogen-bond donors (Lipinski definition) is 1. The monoisotopic (exact) mass is 540 g/mol. The Hall–Kier alpha value is -3.20. The Bertz CT molecular complexity index is 1400. The third-order valence-corrected chi connectivity index (χ3v) is 7.24. The van der Waals surface area contributed by atoms with E-state index in [1.54, 1.807) is 30.3 Å². The van der Waals surface area contributed by atoms with Crippen molar-refractivity contribution in [1.29, 1.82) is 0 Å². The highest BCUT2D eigenvalue weighted by Crippen LogP contribution is 2.26. The van der Waals surface area contributed by atoms with Crippen molar-refractivity contribution in [3.05, 3.63) is 82.3 Å². The predicted molar refractivity (Wildman–Crippen MR) is 144 cm³/mol. The fraction of sp³-hybridized carbons (Fsp3) is 0.192. The third kappa shape index (κ3) is 5.61. The third-order valence-electron chi connectivity index (χ3n) is 5.84. The summed E-state index contributed by atoms with van der Waals surface area (Å²) in [6.45, 7) is 2.66. The van der Waals surface area contributed by atoms with Gasteiger partial charge in [0.1, 0.15) is 5.52 Å². The molecule has 2 amide bonds. The first-order chi connectivity index (χ1) is 17.5. The average molecular weight is 541 g/mol. The van der Waals surface area contributed by atoms with E-state index < -0.39 is 0 Å². The molecule has 0 unspecified atom stereocenters. The fourth-order valence-electron chi connectivity index (χ4n) is 3.99. The zero-order valence-corrected chi connectivity index (χ0v) is 21.4. The molecule has 1 aliphatic heterocycles. The summed E-state index contributed by atoms with van der Waals surface area (Å²) in [7, 11) is 0. The minimum Gasteiger partial charge on any atom is -0.431 e. The van der Waals surface area contributed by atoms with Crippen molar-refractivity contribution in [3.8, 4) is 0 Å². The zero-order chi connectivity index (χ0) is 25.1. The number of carbonyl (C=O) groups excluding carboxylic acids is 2. The number of benzene rings is 3. The molecule has 1 aliphatic rings. The van der Waals surface area contributed by atoms with Gasteiger partial charge in [-0.1, -0.05) is 47.1 Å². The van der Waals surface area contributed by atoms with E-state index >= 15 is 0 Å². The molecule has 1 fully saturated rings. The number of thioether (sulfide) groups is 1. The van der Waals surface area contributed by atoms with E-state index in [1.165, 1.54) is 11.8 Å². The molecule has 0 atom stereocenters. The normalized spacial score (nSPS) is 13.7. The Balaban J connectivity index is 1.11. The van der Waals surface area contributed by atoms with E-state index in [9.17, 15) is 9.59 Å². The number of hydrogen-bond acceptors (Lipinski definition) is 6. The molecule has 3 aromatic carbocycles. The summed E-state index contributed by atoms with van der Waals surface area (Å²) in [6.07, 6.45) is 0. The van der Waals surface area contributed by atoms with Crippen LogP contribution in [0.25, 0.3) is 11.1 Å². The number of halogens is 2. The molecule has 0 spiro atoms. The van der Waals surface area contributed by atoms with Gasteiger partial charge in [0, 0.05) is 42.6 Å². The quantitative estimate of drug-likeness (QED) is 0.310. The first kappa shape index (κ1) is 24.5. The van der Waals surface area contributed by atoms with Crippen LogP contribution in [0.3, 0.4) is 0 Å². The van der Waals surface area contributed by atoms with E-state index in [0.717, 1.165) is 5.69 Å². The summed E-state index contributed by atoms with van der Waals surface area (Å²) < 4.78 is 5.64. The van der Waals surface area contributed by atoms with E-state index in [2.05, 4.69) is 15.2 Å². The van der Waals surface area contributed by atoms with Gasteiger partial charge in [-0.3, -0.25) is 9.59 Å². The number of amides is 2. The van der Waals surface area contributed by atoms with Crippen molar-refractivity contribution in [2.75, 3.05) is 42.1 Å². The smallest absolute Gasteiger partial charge is 0.257 e. The van der Waals surface area contributed by atoms with Gasteiger partial charge in [0.2, 0.25) is 5.91 Å². The van der Waals surface area contributed by atoms with Gasteiger partial charge in [-0.05, 0) is 54.6 Å². The van der Waals surface area contributed by atoms with Gasteiger partial charge >= 0.3 is 0 Å². The molecule has 184 valence electrons. The summed E-state index contributed by atoms with van der Waals surface area (Å²) in [5.41, 5.74) is 3.58. The fourth-order valence-corrected chi connectivity index (χ4v) is 5.02. The lowest BCUT2D eigenvalue weighted by Crippen LogP contribution is -2.48. The number of nitrogens with zero attached hydrogens (tertiary/aromatic N) is 3. The van der Waals surface area contributed by atoms with Crippen molar-refractivity contribution in [3.63, 3.8) is 0 Å². The molecule has 5 rings (SSSR count). The number of carbonyl (C=O) groups is 2. The number of oxazole rings is 1. The van der Waals surface area contributed by atoms with Gasteiger partial charge in [0.05, 0.1) is 16.3 Å². The molecular formula is C26H22Cl2N4O3S. The zero-order valence-electron chi connectivity index (χ0n) is 19.1. The van der Waals surface area contributed by atoms with E-state index in [-0.39, 0.29) is 17.6 Å². The number of nitrogens with one attached hydrogen (secondary N) is 1. The standard InChI is InChI=1S/C26H22Cl2N4O3S/c27-17-5-10-23-22(15-17)30-26(35-23)36-16-24(33)29-18-6-8-19(9-7-18)31-11-13-32(14-12-31)25(34)20-3-1-2-4-21(20)28/h1-10,15H,11-14,16H2,(H,29,33). The highest BCUT2D eigenvalue weighted by Gasteiger charge is 2.23. The summed E-state index contributed by atoms with van der Waals surface area (Å²) in [5, 5.41) is 4.37. The Morgan fingerprint density at radius 2 is 1.72 bits per heavy atom. The molecule has 1 saturated heterocycles. The second kappa shape index (κ2) is 10.8. The van der Waals surface area contributed by atoms with Crippen molar-refractivity contribution in [2.24, 2.45) is 0 Å². The molecule has 0 radical (unpaired) electrons. The number of aromatic nitrogens is 1. The molecule has 0 bridgehead atoms. The van der Waals surface area contributed by atoms with Crippen LogP contribution < -0.4 is 10.2 Å². The Morgan fingerprint density at radius 3 is 2.47 bits per heavy atom. The number of rotatable bonds is 6. The maximum absolute atomic E-state index is 12.8. The topological polar surface area (TPSA) is 78.7 Å². The molecule has 1 N–H and O–H groups in total. The Labute approximate surface area is 222 Å². The van der Waals surface area contributed by atoms with Crippen LogP contribution in [0.5, 0.6) is 0 Å². The molecule has 7 nitrogen and oxygen atoms in total. The van der Waals surface area contributed by atoms with Crippen molar-refractivity contribution < 1.29 is 14.0 Å². The van der Waals surface area contributed by atoms with Gasteiger partial charge in [0.25, 0.3) is 11.1 Å². The van der Waals surface area contributed by atoms with Gasteiger partial charge < -0.3 is 19.5 Å². The Kier molecular flexibility index (Phi) is 7.36. The van der Waals surface area contributed by atoms with Crippen LogP contribution in [0.1, 0.15) is 10.4 Å². The molecule has 0 saturated carbocycles. The molecule has 4 aromatic rings. The predicted octanol–water partition coefficient (Wildman–Crippen LogP) is 5.83. The lowest BCUT2D eigenvalue weighted by atomic mass is 10.1.